The number of hydrogen-bond acceptors (Lipinski definition) is 11. The Morgan fingerprint density at radius 3 is 2.55 bits per heavy atom. The van der Waals surface area contributed by atoms with Crippen LogP contribution in [0.1, 0.15) is 64.7 Å². The predicted octanol–water partition coefficient (Wildman–Crippen LogP) is 0.202. The molecule has 0 aromatic carbocycles. The smallest absolute Gasteiger partial charge is 0.353 e. The standard InChI is InChI=1S/C29H44N4O10S/c1-3-11-29(12-10-17-7-6-16(5-4-13-34)22-21(17)23(29)43-28(22)42)44-14-19(24(36)33-25(37)27(40)41)32-20(35)9-8-18(26(38)39)31-15-30-2/h6,17-19,22,25,30-31,34,37H,3-5,7-15H2,1-2H3,(H,32,35)(H,33,36)(H,38,39)(H,40,41). The number of aliphatic carboxylic acids is 2. The van der Waals surface area contributed by atoms with Gasteiger partial charge in [-0.05, 0) is 63.5 Å². The number of carbonyl (C=O) groups excluding carboxylic acids is 3. The lowest BCUT2D eigenvalue weighted by atomic mass is 9.68. The summed E-state index contributed by atoms with van der Waals surface area (Å²) in [7, 11) is 1.63. The molecule has 6 atom stereocenters. The molecule has 0 aromatic heterocycles. The Hall–Kier alpha value is -2.98. The third-order valence-electron chi connectivity index (χ3n) is 8.25. The zero-order valence-corrected chi connectivity index (χ0v) is 25.9. The number of rotatable bonds is 19. The maximum atomic E-state index is 13.2. The first-order chi connectivity index (χ1) is 21.0. The molecule has 0 bridgehead atoms. The van der Waals surface area contributed by atoms with Crippen molar-refractivity contribution in [2.75, 3.05) is 26.1 Å². The number of allylic oxidation sites excluding steroid dienone is 1. The van der Waals surface area contributed by atoms with Gasteiger partial charge in [-0.1, -0.05) is 25.0 Å². The Kier molecular flexibility index (Phi) is 13.2. The van der Waals surface area contributed by atoms with Crippen LogP contribution in [0.5, 0.6) is 0 Å². The maximum Gasteiger partial charge on any atom is 0.353 e. The van der Waals surface area contributed by atoms with Gasteiger partial charge < -0.3 is 41.1 Å². The van der Waals surface area contributed by atoms with Gasteiger partial charge in [0.2, 0.25) is 18.0 Å². The number of ether oxygens (including phenoxy) is 1. The average Bonchev–Trinajstić information content (AvgIpc) is 3.35. The van der Waals surface area contributed by atoms with E-state index >= 15 is 0 Å². The lowest BCUT2D eigenvalue weighted by molar-refractivity contribution is -0.151. The summed E-state index contributed by atoms with van der Waals surface area (Å²) in [6.07, 6.45) is 4.30. The summed E-state index contributed by atoms with van der Waals surface area (Å²) < 4.78 is 5.31. The van der Waals surface area contributed by atoms with Crippen molar-refractivity contribution < 1.29 is 49.1 Å². The van der Waals surface area contributed by atoms with Crippen molar-refractivity contribution in [2.45, 2.75) is 87.8 Å². The largest absolute Gasteiger partial charge is 0.480 e. The molecule has 8 N–H and O–H groups in total. The van der Waals surface area contributed by atoms with Gasteiger partial charge in [0.25, 0.3) is 0 Å². The molecule has 0 radical (unpaired) electrons. The summed E-state index contributed by atoms with van der Waals surface area (Å²) >= 11 is 1.35. The second-order valence-electron chi connectivity index (χ2n) is 11.3. The Bertz CT molecular complexity index is 1160. The zero-order chi connectivity index (χ0) is 32.4. The van der Waals surface area contributed by atoms with Crippen LogP contribution in [0.4, 0.5) is 0 Å². The molecule has 0 spiro atoms. The minimum Gasteiger partial charge on any atom is -0.480 e. The highest BCUT2D eigenvalue weighted by Crippen LogP contribution is 2.57. The van der Waals surface area contributed by atoms with Crippen molar-refractivity contribution in [3.05, 3.63) is 23.0 Å². The van der Waals surface area contributed by atoms with E-state index in [9.17, 15) is 39.3 Å². The Labute approximate surface area is 260 Å². The molecule has 1 heterocycles. The van der Waals surface area contributed by atoms with Gasteiger partial charge in [-0.25, -0.2) is 4.79 Å². The van der Waals surface area contributed by atoms with E-state index in [1.165, 1.54) is 11.8 Å². The van der Waals surface area contributed by atoms with E-state index in [4.69, 9.17) is 9.84 Å². The summed E-state index contributed by atoms with van der Waals surface area (Å²) in [5.41, 5.74) is 1.90. The molecule has 1 aliphatic heterocycles. The highest BCUT2D eigenvalue weighted by atomic mass is 32.2. The molecule has 6 unspecified atom stereocenters. The van der Waals surface area contributed by atoms with E-state index in [0.717, 1.165) is 30.4 Å². The number of aliphatic hydroxyl groups excluding tert-OH is 2. The highest BCUT2D eigenvalue weighted by Gasteiger charge is 2.53. The normalized spacial score (nSPS) is 24.5. The molecule has 0 aromatic rings. The summed E-state index contributed by atoms with van der Waals surface area (Å²) in [4.78, 5) is 61.9. The molecule has 3 aliphatic rings. The van der Waals surface area contributed by atoms with Crippen LogP contribution in [0.15, 0.2) is 23.0 Å². The van der Waals surface area contributed by atoms with Crippen LogP contribution in [0, 0.1) is 11.8 Å². The van der Waals surface area contributed by atoms with E-state index in [1.54, 1.807) is 7.05 Å². The molecular weight excluding hydrogens is 596 g/mol. The van der Waals surface area contributed by atoms with Crippen molar-refractivity contribution in [1.82, 2.24) is 21.3 Å². The lowest BCUT2D eigenvalue weighted by Crippen LogP contribution is -2.53. The van der Waals surface area contributed by atoms with E-state index < -0.39 is 52.7 Å². The minimum atomic E-state index is -2.19. The SMILES string of the molecule is CCCC1(SCC(NC(=O)CCC(NCNC)C(=O)O)C(=O)NC(O)C(=O)O)CCC2CC=C(CCCO)C3C(=O)OC1=C23. The summed E-state index contributed by atoms with van der Waals surface area (Å²) in [5, 5.41) is 47.7. The fourth-order valence-electron chi connectivity index (χ4n) is 6.12. The number of nitrogens with one attached hydrogen (secondary N) is 4. The van der Waals surface area contributed by atoms with Gasteiger partial charge in [-0.2, -0.15) is 0 Å². The van der Waals surface area contributed by atoms with Gasteiger partial charge in [0, 0.05) is 25.4 Å². The lowest BCUT2D eigenvalue weighted by Gasteiger charge is -2.41. The van der Waals surface area contributed by atoms with Gasteiger partial charge >= 0.3 is 17.9 Å². The van der Waals surface area contributed by atoms with Crippen molar-refractivity contribution in [1.29, 1.82) is 0 Å². The van der Waals surface area contributed by atoms with Gasteiger partial charge in [0.15, 0.2) is 0 Å². The van der Waals surface area contributed by atoms with Crippen LogP contribution in [0.25, 0.3) is 0 Å². The quantitative estimate of drug-likeness (QED) is 0.0538. The molecule has 0 saturated carbocycles. The van der Waals surface area contributed by atoms with Gasteiger partial charge in [0.1, 0.15) is 23.8 Å². The molecule has 44 heavy (non-hydrogen) atoms. The summed E-state index contributed by atoms with van der Waals surface area (Å²) in [5.74, 6) is -4.48. The van der Waals surface area contributed by atoms with Crippen LogP contribution in [0.2, 0.25) is 0 Å². The monoisotopic (exact) mass is 640 g/mol. The van der Waals surface area contributed by atoms with Crippen molar-refractivity contribution in [2.24, 2.45) is 11.8 Å². The number of amides is 2. The van der Waals surface area contributed by atoms with Crippen LogP contribution in [0.3, 0.4) is 0 Å². The fraction of sp³-hybridized carbons (Fsp3) is 0.690. The van der Waals surface area contributed by atoms with E-state index in [1.807, 2.05) is 12.2 Å². The third kappa shape index (κ3) is 8.59. The minimum absolute atomic E-state index is 0.0131. The molecule has 246 valence electrons. The number of thioether (sulfide) groups is 1. The molecule has 0 fully saturated rings. The average molecular weight is 641 g/mol. The van der Waals surface area contributed by atoms with Crippen LogP contribution < -0.4 is 21.3 Å². The van der Waals surface area contributed by atoms with E-state index in [0.29, 0.717) is 31.4 Å². The Morgan fingerprint density at radius 2 is 1.91 bits per heavy atom. The van der Waals surface area contributed by atoms with Crippen LogP contribution in [-0.4, -0.2) is 99.3 Å². The fourth-order valence-corrected chi connectivity index (χ4v) is 7.74. The summed E-state index contributed by atoms with van der Waals surface area (Å²) in [6.45, 7) is 2.21. The zero-order valence-electron chi connectivity index (χ0n) is 25.1. The predicted molar refractivity (Wildman–Crippen MR) is 160 cm³/mol. The van der Waals surface area contributed by atoms with Crippen molar-refractivity contribution >= 4 is 41.5 Å². The summed E-state index contributed by atoms with van der Waals surface area (Å²) in [6, 6.07) is -2.29. The first-order valence-electron chi connectivity index (χ1n) is 15.0. The number of hydrogen-bond donors (Lipinski definition) is 8. The number of carbonyl (C=O) groups is 5. The highest BCUT2D eigenvalue weighted by molar-refractivity contribution is 8.00. The van der Waals surface area contributed by atoms with Crippen LogP contribution in [-0.2, 0) is 28.7 Å². The molecule has 3 rings (SSSR count). The first-order valence-corrected chi connectivity index (χ1v) is 16.0. The molecular formula is C29H44N4O10S. The van der Waals surface area contributed by atoms with Crippen molar-refractivity contribution in [3.8, 4) is 0 Å². The third-order valence-corrected chi connectivity index (χ3v) is 9.90. The second kappa shape index (κ2) is 16.4. The molecule has 2 amide bonds. The second-order valence-corrected chi connectivity index (χ2v) is 12.7. The number of carboxylic acid groups (broad SMARTS) is 2. The Balaban J connectivity index is 1.83. The Morgan fingerprint density at radius 1 is 1.16 bits per heavy atom. The topological polar surface area (TPSA) is 224 Å². The van der Waals surface area contributed by atoms with Gasteiger partial charge in [-0.15, -0.1) is 11.8 Å². The molecule has 14 nitrogen and oxygen atoms in total. The molecule has 2 aliphatic carbocycles. The van der Waals surface area contributed by atoms with Crippen molar-refractivity contribution in [3.63, 3.8) is 0 Å². The van der Waals surface area contributed by atoms with Gasteiger partial charge in [0.05, 0.1) is 4.75 Å². The molecule has 15 heteroatoms. The van der Waals surface area contributed by atoms with E-state index in [-0.39, 0.29) is 43.8 Å². The van der Waals surface area contributed by atoms with Crippen LogP contribution >= 0.6 is 11.8 Å². The van der Waals surface area contributed by atoms with E-state index in [2.05, 4.69) is 22.0 Å². The number of aliphatic hydroxyl groups is 2. The molecule has 0 saturated heterocycles. The number of carboxylic acids is 2. The maximum absolute atomic E-state index is 13.2. The van der Waals surface area contributed by atoms with Gasteiger partial charge in [-0.3, -0.25) is 24.5 Å². The number of esters is 1. The first kappa shape index (κ1) is 35.5.